The van der Waals surface area contributed by atoms with E-state index in [4.69, 9.17) is 8.39 Å². The van der Waals surface area contributed by atoms with Gasteiger partial charge in [-0.2, -0.15) is 0 Å². The van der Waals surface area contributed by atoms with Crippen molar-refractivity contribution in [2.24, 2.45) is 0 Å². The number of hydrogen-bond donors (Lipinski definition) is 0. The molecule has 0 spiro atoms. The Morgan fingerprint density at radius 2 is 1.04 bits per heavy atom. The van der Waals surface area contributed by atoms with Gasteiger partial charge in [0.25, 0.3) is 0 Å². The minimum atomic E-state index is -1.12. The van der Waals surface area contributed by atoms with E-state index in [2.05, 4.69) is 93.6 Å². The molecule has 0 N–H and O–H groups in total. The van der Waals surface area contributed by atoms with Crippen LogP contribution in [-0.4, -0.2) is 0 Å². The van der Waals surface area contributed by atoms with Crippen molar-refractivity contribution >= 4 is 51.5 Å². The van der Waals surface area contributed by atoms with Crippen LogP contribution in [0.15, 0.2) is 81.2 Å². The minimum Gasteiger partial charge on any atom is -0.419 e. The highest BCUT2D eigenvalue weighted by Crippen LogP contribution is 2.48. The van der Waals surface area contributed by atoms with Crippen LogP contribution in [-0.2, 0) is 5.16 Å². The average Bonchev–Trinajstić information content (AvgIpc) is 2.85. The van der Waals surface area contributed by atoms with Crippen molar-refractivity contribution < 1.29 is 8.39 Å². The molecule has 0 amide bonds. The lowest BCUT2D eigenvalue weighted by Crippen LogP contribution is -1.99. The van der Waals surface area contributed by atoms with Crippen LogP contribution in [0.25, 0.3) is 43.5 Å². The molecule has 0 unspecified atom stereocenters. The fourth-order valence-corrected chi connectivity index (χ4v) is 4.89. The zero-order chi connectivity index (χ0) is 18.6. The lowest BCUT2D eigenvalue weighted by molar-refractivity contribution is 0.565. The summed E-state index contributed by atoms with van der Waals surface area (Å²) in [5.41, 5.74) is 1.81. The van der Waals surface area contributed by atoms with Gasteiger partial charge in [0.1, 0.15) is 11.2 Å². The van der Waals surface area contributed by atoms with Gasteiger partial charge < -0.3 is 8.39 Å². The SMILES string of the molecule is CC(C)(C)p1oc2ccc3ccccc3c2c2c(ccc3ccccc32)o1. The first-order valence-electron chi connectivity index (χ1n) is 9.22. The second-order valence-corrected chi connectivity index (χ2v) is 10.2. The van der Waals surface area contributed by atoms with Crippen molar-refractivity contribution in [3.8, 4) is 0 Å². The molecule has 0 aliphatic heterocycles. The van der Waals surface area contributed by atoms with Crippen LogP contribution in [0.2, 0.25) is 0 Å². The normalized spacial score (nSPS) is 12.3. The summed E-state index contributed by atoms with van der Waals surface area (Å²) in [5.74, 6) is 0. The predicted octanol–water partition coefficient (Wildman–Crippen LogP) is 8.35. The average molecular weight is 372 g/mol. The Bertz CT molecular complexity index is 1260. The Labute approximate surface area is 159 Å². The molecule has 1 aromatic heterocycles. The predicted molar refractivity (Wildman–Crippen MR) is 116 cm³/mol. The van der Waals surface area contributed by atoms with Gasteiger partial charge in [-0.25, -0.2) is 0 Å². The van der Waals surface area contributed by atoms with Crippen molar-refractivity contribution in [3.63, 3.8) is 0 Å². The minimum absolute atomic E-state index is 0.0918. The van der Waals surface area contributed by atoms with E-state index in [9.17, 15) is 0 Å². The van der Waals surface area contributed by atoms with E-state index in [0.717, 1.165) is 21.9 Å². The van der Waals surface area contributed by atoms with Crippen LogP contribution in [0.1, 0.15) is 20.8 Å². The van der Waals surface area contributed by atoms with E-state index < -0.39 is 8.01 Å². The molecule has 0 aliphatic rings. The molecule has 5 aromatic rings. The third-order valence-corrected chi connectivity index (χ3v) is 6.76. The van der Waals surface area contributed by atoms with Crippen LogP contribution in [0.5, 0.6) is 0 Å². The van der Waals surface area contributed by atoms with Crippen LogP contribution < -0.4 is 0 Å². The van der Waals surface area contributed by atoms with E-state index in [1.807, 2.05) is 0 Å². The molecular weight excluding hydrogens is 351 g/mol. The number of hydrogen-bond acceptors (Lipinski definition) is 2. The molecule has 0 radical (unpaired) electrons. The summed E-state index contributed by atoms with van der Waals surface area (Å²) in [7, 11) is -1.12. The van der Waals surface area contributed by atoms with Crippen LogP contribution in [0.3, 0.4) is 0 Å². The topological polar surface area (TPSA) is 26.3 Å². The molecule has 0 atom stereocenters. The summed E-state index contributed by atoms with van der Waals surface area (Å²) in [6, 6.07) is 25.5. The molecule has 4 aromatic carbocycles. The van der Waals surface area contributed by atoms with Crippen molar-refractivity contribution in [1.29, 1.82) is 0 Å². The first-order chi connectivity index (χ1) is 13.0. The van der Waals surface area contributed by atoms with Gasteiger partial charge in [-0.05, 0) is 54.4 Å². The summed E-state index contributed by atoms with van der Waals surface area (Å²) >= 11 is 0. The number of fused-ring (bicyclic) bond motifs is 7. The summed E-state index contributed by atoms with van der Waals surface area (Å²) < 4.78 is 13.0. The van der Waals surface area contributed by atoms with Gasteiger partial charge in [-0.3, -0.25) is 0 Å². The first kappa shape index (κ1) is 16.5. The molecule has 0 saturated carbocycles. The quantitative estimate of drug-likeness (QED) is 0.273. The summed E-state index contributed by atoms with van der Waals surface area (Å²) in [6.07, 6.45) is 0. The lowest BCUT2D eigenvalue weighted by atomic mass is 9.99. The summed E-state index contributed by atoms with van der Waals surface area (Å²) in [6.45, 7) is 6.52. The van der Waals surface area contributed by atoms with Gasteiger partial charge in [0.2, 0.25) is 8.01 Å². The molecule has 3 heteroatoms. The maximum absolute atomic E-state index is 6.50. The zero-order valence-electron chi connectivity index (χ0n) is 15.7. The Morgan fingerprint density at radius 1 is 0.593 bits per heavy atom. The van der Waals surface area contributed by atoms with Crippen LogP contribution in [0.4, 0.5) is 0 Å². The molecule has 0 saturated heterocycles. The van der Waals surface area contributed by atoms with E-state index in [1.54, 1.807) is 0 Å². The third-order valence-electron chi connectivity index (χ3n) is 4.94. The molecule has 0 aliphatic carbocycles. The second kappa shape index (κ2) is 5.90. The van der Waals surface area contributed by atoms with Crippen molar-refractivity contribution in [2.45, 2.75) is 25.9 Å². The van der Waals surface area contributed by atoms with Gasteiger partial charge in [0.15, 0.2) is 0 Å². The fraction of sp³-hybridized carbons (Fsp3) is 0.167. The molecule has 1 heterocycles. The van der Waals surface area contributed by atoms with Crippen molar-refractivity contribution in [2.75, 3.05) is 0 Å². The van der Waals surface area contributed by atoms with Gasteiger partial charge in [-0.1, -0.05) is 60.7 Å². The maximum Gasteiger partial charge on any atom is 0.222 e. The van der Waals surface area contributed by atoms with E-state index >= 15 is 0 Å². The third kappa shape index (κ3) is 2.64. The molecular formula is C24H21O2P. The Hall–Kier alpha value is -2.70. The van der Waals surface area contributed by atoms with E-state index in [0.29, 0.717) is 0 Å². The lowest BCUT2D eigenvalue weighted by Gasteiger charge is -2.13. The van der Waals surface area contributed by atoms with Gasteiger partial charge in [0, 0.05) is 10.8 Å². The van der Waals surface area contributed by atoms with Crippen molar-refractivity contribution in [3.05, 3.63) is 72.8 Å². The number of rotatable bonds is 0. The standard InChI is InChI=1S/C24H21O2P/c1-24(2,3)27-25-20-14-12-16-8-4-6-10-18(16)22(20)23-19-11-7-5-9-17(19)13-15-21(23)26-27/h4-15H,1-3H3. The Kier molecular flexibility index (Phi) is 3.60. The highest BCUT2D eigenvalue weighted by molar-refractivity contribution is 7.38. The monoisotopic (exact) mass is 372 g/mol. The Balaban J connectivity index is 2.17. The van der Waals surface area contributed by atoms with Crippen molar-refractivity contribution in [1.82, 2.24) is 0 Å². The highest BCUT2D eigenvalue weighted by Gasteiger charge is 2.21. The largest absolute Gasteiger partial charge is 0.419 e. The van der Waals surface area contributed by atoms with E-state index in [1.165, 1.54) is 21.5 Å². The van der Waals surface area contributed by atoms with Gasteiger partial charge in [-0.15, -0.1) is 0 Å². The number of benzene rings is 4. The molecule has 0 fully saturated rings. The fourth-order valence-electron chi connectivity index (χ4n) is 3.64. The molecule has 134 valence electrons. The molecule has 5 rings (SSSR count). The van der Waals surface area contributed by atoms with Crippen LogP contribution in [0, 0.1) is 0 Å². The van der Waals surface area contributed by atoms with Crippen LogP contribution >= 0.6 is 8.01 Å². The smallest absolute Gasteiger partial charge is 0.222 e. The van der Waals surface area contributed by atoms with E-state index in [-0.39, 0.29) is 5.16 Å². The molecule has 2 nitrogen and oxygen atoms in total. The Morgan fingerprint density at radius 3 is 1.48 bits per heavy atom. The molecule has 27 heavy (non-hydrogen) atoms. The molecule has 0 bridgehead atoms. The zero-order valence-corrected chi connectivity index (χ0v) is 16.6. The maximum atomic E-state index is 6.50. The first-order valence-corrected chi connectivity index (χ1v) is 10.4. The summed E-state index contributed by atoms with van der Waals surface area (Å²) in [4.78, 5) is 0. The van der Waals surface area contributed by atoms with Gasteiger partial charge >= 0.3 is 0 Å². The van der Waals surface area contributed by atoms with Gasteiger partial charge in [0.05, 0.1) is 5.16 Å². The second-order valence-electron chi connectivity index (χ2n) is 7.93. The highest BCUT2D eigenvalue weighted by atomic mass is 31.1. The summed E-state index contributed by atoms with van der Waals surface area (Å²) in [5, 5.41) is 6.99.